The fourth-order valence-electron chi connectivity index (χ4n) is 2.65. The molecule has 1 aromatic carbocycles. The molecule has 1 fully saturated rings. The van der Waals surface area contributed by atoms with Gasteiger partial charge in [0, 0.05) is 21.6 Å². The van der Waals surface area contributed by atoms with Crippen molar-refractivity contribution in [3.8, 4) is 0 Å². The number of esters is 1. The zero-order chi connectivity index (χ0) is 18.3. The third-order valence-corrected chi connectivity index (χ3v) is 5.31. The number of fused-ring (bicyclic) bond motifs is 1. The molecule has 1 aliphatic rings. The Bertz CT molecular complexity index is 796. The summed E-state index contributed by atoms with van der Waals surface area (Å²) in [5, 5.41) is 39.3. The lowest BCUT2D eigenvalue weighted by molar-refractivity contribution is -0.285. The molecule has 0 spiro atoms. The highest BCUT2D eigenvalue weighted by atomic mass is 79.9. The second-order valence-corrected chi connectivity index (χ2v) is 6.82. The molecular formula is C15H15BrClNO7. The number of nitrogens with one attached hydrogen (secondary N) is 1. The third-order valence-electron chi connectivity index (χ3n) is 4.03. The predicted molar refractivity (Wildman–Crippen MR) is 90.2 cm³/mol. The van der Waals surface area contributed by atoms with Crippen LogP contribution in [0.5, 0.6) is 0 Å². The molecule has 1 saturated heterocycles. The molecule has 1 unspecified atom stereocenters. The highest BCUT2D eigenvalue weighted by Gasteiger charge is 2.45. The number of ether oxygens (including phenoxy) is 2. The summed E-state index contributed by atoms with van der Waals surface area (Å²) in [6.45, 7) is -0.620. The third kappa shape index (κ3) is 3.28. The Balaban J connectivity index is 1.86. The van der Waals surface area contributed by atoms with E-state index < -0.39 is 43.3 Å². The molecule has 8 nitrogen and oxygen atoms in total. The Hall–Kier alpha value is -1.20. The number of aliphatic hydroxyl groups excluding tert-OH is 4. The molecule has 0 bridgehead atoms. The van der Waals surface area contributed by atoms with Gasteiger partial charge in [-0.15, -0.1) is 0 Å². The first-order valence-corrected chi connectivity index (χ1v) is 8.48. The van der Waals surface area contributed by atoms with Gasteiger partial charge in [0.1, 0.15) is 24.4 Å². The largest absolute Gasteiger partial charge is 0.429 e. The van der Waals surface area contributed by atoms with Crippen LogP contribution in [0.3, 0.4) is 0 Å². The van der Waals surface area contributed by atoms with Gasteiger partial charge in [0.15, 0.2) is 0 Å². The maximum Gasteiger partial charge on any atom is 0.342 e. The van der Waals surface area contributed by atoms with Crippen molar-refractivity contribution in [2.45, 2.75) is 30.7 Å². The molecule has 0 amide bonds. The Morgan fingerprint density at radius 3 is 2.68 bits per heavy atom. The van der Waals surface area contributed by atoms with E-state index in [2.05, 4.69) is 20.9 Å². The van der Waals surface area contributed by atoms with Crippen molar-refractivity contribution < 1.29 is 34.7 Å². The molecule has 0 radical (unpaired) electrons. The van der Waals surface area contributed by atoms with E-state index in [1.807, 2.05) is 0 Å². The minimum absolute atomic E-state index is 0.110. The lowest BCUT2D eigenvalue weighted by Gasteiger charge is -2.39. The molecule has 5 atom stereocenters. The van der Waals surface area contributed by atoms with Gasteiger partial charge in [0.05, 0.1) is 17.2 Å². The van der Waals surface area contributed by atoms with Gasteiger partial charge in [-0.3, -0.25) is 0 Å². The summed E-state index contributed by atoms with van der Waals surface area (Å²) in [6, 6.07) is 3.43. The van der Waals surface area contributed by atoms with Crippen LogP contribution in [0, 0.1) is 0 Å². The van der Waals surface area contributed by atoms with Crippen LogP contribution in [0.15, 0.2) is 22.8 Å². The quantitative estimate of drug-likeness (QED) is 0.444. The lowest BCUT2D eigenvalue weighted by atomic mass is 9.99. The van der Waals surface area contributed by atoms with E-state index in [9.17, 15) is 20.1 Å². The van der Waals surface area contributed by atoms with Gasteiger partial charge in [0.25, 0.3) is 0 Å². The zero-order valence-corrected chi connectivity index (χ0v) is 14.9. The minimum Gasteiger partial charge on any atom is -0.429 e. The van der Waals surface area contributed by atoms with Crippen molar-refractivity contribution >= 4 is 44.4 Å². The first-order chi connectivity index (χ1) is 11.8. The topological polar surface area (TPSA) is 132 Å². The van der Waals surface area contributed by atoms with Gasteiger partial charge in [0.2, 0.25) is 6.29 Å². The van der Waals surface area contributed by atoms with Crippen LogP contribution in [-0.4, -0.2) is 68.7 Å². The Morgan fingerprint density at radius 1 is 1.28 bits per heavy atom. The molecule has 0 saturated carbocycles. The predicted octanol–water partition coefficient (Wildman–Crippen LogP) is 0.541. The van der Waals surface area contributed by atoms with Crippen LogP contribution >= 0.6 is 27.5 Å². The molecule has 2 heterocycles. The van der Waals surface area contributed by atoms with Gasteiger partial charge in [-0.2, -0.15) is 0 Å². The number of halogens is 2. The minimum atomic E-state index is -1.67. The van der Waals surface area contributed by atoms with Crippen LogP contribution in [-0.2, 0) is 9.47 Å². The Kier molecular flexibility index (Phi) is 5.35. The summed E-state index contributed by atoms with van der Waals surface area (Å²) < 4.78 is 10.9. The Labute approximate surface area is 155 Å². The second-order valence-electron chi connectivity index (χ2n) is 5.59. The van der Waals surface area contributed by atoms with Gasteiger partial charge in [-0.25, -0.2) is 4.79 Å². The molecule has 3 rings (SSSR count). The monoisotopic (exact) mass is 435 g/mol. The van der Waals surface area contributed by atoms with Crippen molar-refractivity contribution in [3.05, 3.63) is 33.4 Å². The first kappa shape index (κ1) is 18.6. The summed E-state index contributed by atoms with van der Waals surface area (Å²) in [6.07, 6.45) is -6.17. The summed E-state index contributed by atoms with van der Waals surface area (Å²) in [5.74, 6) is -0.851. The van der Waals surface area contributed by atoms with Crippen molar-refractivity contribution in [1.29, 1.82) is 0 Å². The molecule has 1 aromatic heterocycles. The summed E-state index contributed by atoms with van der Waals surface area (Å²) in [7, 11) is 0. The van der Waals surface area contributed by atoms with Crippen LogP contribution < -0.4 is 0 Å². The van der Waals surface area contributed by atoms with E-state index in [1.54, 1.807) is 12.1 Å². The van der Waals surface area contributed by atoms with Crippen LogP contribution in [0.1, 0.15) is 10.4 Å². The van der Waals surface area contributed by atoms with E-state index in [0.717, 1.165) is 0 Å². The molecule has 136 valence electrons. The maximum atomic E-state index is 12.5. The number of carbonyl (C=O) groups excluding carboxylic acids is 1. The van der Waals surface area contributed by atoms with E-state index in [0.29, 0.717) is 20.4 Å². The highest BCUT2D eigenvalue weighted by Crippen LogP contribution is 2.34. The number of carbonyl (C=O) groups is 1. The number of aromatic nitrogens is 1. The number of rotatable bonds is 3. The highest BCUT2D eigenvalue weighted by molar-refractivity contribution is 9.10. The number of benzene rings is 1. The number of aliphatic hydroxyl groups is 4. The second kappa shape index (κ2) is 7.20. The smallest absolute Gasteiger partial charge is 0.342 e. The Morgan fingerprint density at radius 2 is 2.00 bits per heavy atom. The maximum absolute atomic E-state index is 12.5. The van der Waals surface area contributed by atoms with Crippen LogP contribution in [0.4, 0.5) is 0 Å². The fraction of sp³-hybridized carbons (Fsp3) is 0.400. The summed E-state index contributed by atoms with van der Waals surface area (Å²) in [5.41, 5.74) is 0.715. The summed E-state index contributed by atoms with van der Waals surface area (Å²) >= 11 is 9.49. The number of hydrogen-bond donors (Lipinski definition) is 5. The molecule has 10 heteroatoms. The molecular weight excluding hydrogens is 422 g/mol. The molecule has 25 heavy (non-hydrogen) atoms. The van der Waals surface area contributed by atoms with E-state index in [4.69, 9.17) is 26.2 Å². The van der Waals surface area contributed by atoms with E-state index in [-0.39, 0.29) is 5.56 Å². The standard InChI is InChI=1S/C15H15BrClNO7/c16-6-1-2-7-9(10(6)17)5(3-18-7)14(23)25-15-13(22)12(21)11(20)8(4-19)24-15/h1-3,8,11-13,15,18-22H,4H2/t8-,11+,12+,13-,15?/m1/s1. The lowest BCUT2D eigenvalue weighted by Crippen LogP contribution is -2.59. The SMILES string of the molecule is O=C(OC1O[C@H](CO)[C@H](O)[C@H](O)[C@H]1O)c1c[nH]c2ccc(Br)c(Cl)c12. The van der Waals surface area contributed by atoms with Crippen molar-refractivity contribution in [1.82, 2.24) is 4.98 Å². The number of aromatic amines is 1. The van der Waals surface area contributed by atoms with Crippen molar-refractivity contribution in [2.75, 3.05) is 6.61 Å². The number of hydrogen-bond acceptors (Lipinski definition) is 7. The molecule has 5 N–H and O–H groups in total. The summed E-state index contributed by atoms with van der Waals surface area (Å²) in [4.78, 5) is 15.3. The van der Waals surface area contributed by atoms with Gasteiger partial charge in [-0.05, 0) is 28.1 Å². The van der Waals surface area contributed by atoms with E-state index in [1.165, 1.54) is 6.20 Å². The van der Waals surface area contributed by atoms with E-state index >= 15 is 0 Å². The molecule has 2 aromatic rings. The fourth-order valence-corrected chi connectivity index (χ4v) is 3.25. The zero-order valence-electron chi connectivity index (χ0n) is 12.6. The van der Waals surface area contributed by atoms with Gasteiger partial charge < -0.3 is 34.9 Å². The van der Waals surface area contributed by atoms with Gasteiger partial charge in [-0.1, -0.05) is 11.6 Å². The van der Waals surface area contributed by atoms with Crippen LogP contribution in [0.2, 0.25) is 5.02 Å². The average molecular weight is 437 g/mol. The first-order valence-electron chi connectivity index (χ1n) is 7.31. The number of H-pyrrole nitrogens is 1. The van der Waals surface area contributed by atoms with Crippen LogP contribution in [0.25, 0.3) is 10.9 Å². The average Bonchev–Trinajstić information content (AvgIpc) is 3.03. The van der Waals surface area contributed by atoms with Crippen molar-refractivity contribution in [2.24, 2.45) is 0 Å². The van der Waals surface area contributed by atoms with Crippen molar-refractivity contribution in [3.63, 3.8) is 0 Å². The molecule has 1 aliphatic heterocycles. The molecule has 0 aliphatic carbocycles. The van der Waals surface area contributed by atoms with Gasteiger partial charge >= 0.3 is 5.97 Å². The normalized spacial score (nSPS) is 29.8.